The largest absolute Gasteiger partial charge is 0.205 e. The van der Waals surface area contributed by atoms with Gasteiger partial charge < -0.3 is 0 Å². The van der Waals surface area contributed by atoms with Crippen molar-refractivity contribution in [3.63, 3.8) is 0 Å². The van der Waals surface area contributed by atoms with Crippen molar-refractivity contribution in [1.82, 2.24) is 0 Å². The van der Waals surface area contributed by atoms with Crippen molar-refractivity contribution in [3.8, 4) is 0 Å². The average molecular weight is 333 g/mol. The second-order valence-corrected chi connectivity index (χ2v) is 7.42. The first kappa shape index (κ1) is 21.2. The summed E-state index contributed by atoms with van der Waals surface area (Å²) in [5.74, 6) is 0. The number of hydrogen-bond donors (Lipinski definition) is 0. The lowest BCUT2D eigenvalue weighted by atomic mass is 10.00. The molecule has 0 aliphatic carbocycles. The van der Waals surface area contributed by atoms with Crippen LogP contribution in [0.25, 0.3) is 0 Å². The maximum Gasteiger partial charge on any atom is 0.172 e. The van der Waals surface area contributed by atoms with Crippen molar-refractivity contribution in [2.45, 2.75) is 117 Å². The predicted molar refractivity (Wildman–Crippen MR) is 106 cm³/mol. The molecule has 24 heavy (non-hydrogen) atoms. The average Bonchev–Trinajstić information content (AvgIpc) is 2.61. The fraction of sp³-hybridized carbons (Fsp3) is 0.783. The minimum Gasteiger partial charge on any atom is -0.205 e. The summed E-state index contributed by atoms with van der Waals surface area (Å²) < 4.78 is 2.44. The smallest absolute Gasteiger partial charge is 0.172 e. The zero-order valence-corrected chi connectivity index (χ0v) is 16.8. The topological polar surface area (TPSA) is 3.88 Å². The molecule has 0 aromatic carbocycles. The molecular formula is C23H42N+. The van der Waals surface area contributed by atoms with E-state index in [9.17, 15) is 0 Å². The van der Waals surface area contributed by atoms with Gasteiger partial charge >= 0.3 is 0 Å². The van der Waals surface area contributed by atoms with Gasteiger partial charge in [0.1, 0.15) is 6.54 Å². The Kier molecular flexibility index (Phi) is 12.8. The van der Waals surface area contributed by atoms with E-state index in [-0.39, 0.29) is 0 Å². The van der Waals surface area contributed by atoms with Gasteiger partial charge in [-0.1, -0.05) is 72.1 Å². The second-order valence-electron chi connectivity index (χ2n) is 7.42. The van der Waals surface area contributed by atoms with Crippen molar-refractivity contribution in [2.24, 2.45) is 0 Å². The molecule has 1 rings (SSSR count). The molecule has 0 N–H and O–H groups in total. The highest BCUT2D eigenvalue weighted by Crippen LogP contribution is 2.13. The van der Waals surface area contributed by atoms with Crippen LogP contribution < -0.4 is 4.57 Å². The number of aryl methyl sites for hydroxylation is 3. The quantitative estimate of drug-likeness (QED) is 0.245. The van der Waals surface area contributed by atoms with Crippen LogP contribution in [0.1, 0.15) is 109 Å². The molecule has 0 saturated carbocycles. The first-order valence-electron chi connectivity index (χ1n) is 10.8. The highest BCUT2D eigenvalue weighted by Gasteiger charge is 2.09. The van der Waals surface area contributed by atoms with E-state index in [4.69, 9.17) is 0 Å². The lowest BCUT2D eigenvalue weighted by Crippen LogP contribution is -2.33. The number of rotatable bonds is 15. The molecule has 1 heterocycles. The van der Waals surface area contributed by atoms with E-state index in [2.05, 4.69) is 43.8 Å². The van der Waals surface area contributed by atoms with Crippen molar-refractivity contribution >= 4 is 0 Å². The molecule has 1 aromatic heterocycles. The van der Waals surface area contributed by atoms with Gasteiger partial charge in [-0.15, -0.1) is 0 Å². The van der Waals surface area contributed by atoms with Gasteiger partial charge in [0.2, 0.25) is 0 Å². The molecule has 1 aromatic rings. The molecule has 0 atom stereocenters. The van der Waals surface area contributed by atoms with Gasteiger partial charge in [-0.3, -0.25) is 0 Å². The summed E-state index contributed by atoms with van der Waals surface area (Å²) in [6.45, 7) is 8.07. The molecule has 0 spiro atoms. The van der Waals surface area contributed by atoms with E-state index < -0.39 is 0 Å². The molecule has 0 amide bonds. The zero-order chi connectivity index (χ0) is 17.5. The van der Waals surface area contributed by atoms with Gasteiger partial charge in [0.15, 0.2) is 12.4 Å². The summed E-state index contributed by atoms with van der Waals surface area (Å²) in [6, 6.07) is 2.39. The Morgan fingerprint density at radius 2 is 1.17 bits per heavy atom. The second kappa shape index (κ2) is 14.5. The van der Waals surface area contributed by atoms with Crippen LogP contribution in [0.5, 0.6) is 0 Å². The minimum absolute atomic E-state index is 1.20. The van der Waals surface area contributed by atoms with Crippen LogP contribution in [0.3, 0.4) is 0 Å². The van der Waals surface area contributed by atoms with E-state index in [1.807, 2.05) is 0 Å². The number of aromatic nitrogens is 1. The lowest BCUT2D eigenvalue weighted by molar-refractivity contribution is -0.697. The van der Waals surface area contributed by atoms with Crippen molar-refractivity contribution < 1.29 is 4.57 Å². The molecule has 1 nitrogen and oxygen atoms in total. The normalized spacial score (nSPS) is 11.1. The van der Waals surface area contributed by atoms with Crippen LogP contribution in [0, 0.1) is 0 Å². The highest BCUT2D eigenvalue weighted by atomic mass is 14.9. The zero-order valence-electron chi connectivity index (χ0n) is 16.8. The molecular weight excluding hydrogens is 290 g/mol. The summed E-state index contributed by atoms with van der Waals surface area (Å²) >= 11 is 0. The minimum atomic E-state index is 1.20. The van der Waals surface area contributed by atoms with Gasteiger partial charge in [-0.25, -0.2) is 4.57 Å². The maximum atomic E-state index is 2.45. The Morgan fingerprint density at radius 3 is 1.79 bits per heavy atom. The standard InChI is InChI=1S/C23H42N/c1-4-7-10-11-12-13-14-15-19-24-20-18-22(16-8-5-2)23(21-24)17-9-6-3/h18,20-21H,4-17,19H2,1-3H3/q+1. The van der Waals surface area contributed by atoms with Crippen LogP contribution in [-0.4, -0.2) is 0 Å². The van der Waals surface area contributed by atoms with Crippen LogP contribution >= 0.6 is 0 Å². The summed E-state index contributed by atoms with van der Waals surface area (Å²) in [5.41, 5.74) is 3.20. The van der Waals surface area contributed by atoms with Crippen molar-refractivity contribution in [1.29, 1.82) is 0 Å². The SMILES string of the molecule is CCCCCCCCCC[n+]1ccc(CCCC)c(CCCC)c1. The summed E-state index contributed by atoms with van der Waals surface area (Å²) in [4.78, 5) is 0. The van der Waals surface area contributed by atoms with E-state index in [1.54, 1.807) is 11.1 Å². The Balaban J connectivity index is 2.35. The first-order valence-corrected chi connectivity index (χ1v) is 10.8. The van der Waals surface area contributed by atoms with Gasteiger partial charge in [0.25, 0.3) is 0 Å². The Labute approximate surface area is 151 Å². The van der Waals surface area contributed by atoms with Crippen molar-refractivity contribution in [2.75, 3.05) is 0 Å². The van der Waals surface area contributed by atoms with Crippen LogP contribution in [0.15, 0.2) is 18.5 Å². The lowest BCUT2D eigenvalue weighted by Gasteiger charge is -2.08. The molecule has 1 heteroatoms. The third-order valence-corrected chi connectivity index (χ3v) is 5.07. The van der Waals surface area contributed by atoms with Gasteiger partial charge in [-0.05, 0) is 37.7 Å². The number of unbranched alkanes of at least 4 members (excludes halogenated alkanes) is 9. The predicted octanol–water partition coefficient (Wildman–Crippen LogP) is 6.80. The van der Waals surface area contributed by atoms with Gasteiger partial charge in [-0.2, -0.15) is 0 Å². The first-order chi connectivity index (χ1) is 11.8. The number of pyridine rings is 1. The molecule has 0 unspecified atom stereocenters. The fourth-order valence-corrected chi connectivity index (χ4v) is 3.39. The molecule has 0 fully saturated rings. The molecule has 0 aliphatic heterocycles. The molecule has 0 radical (unpaired) electrons. The van der Waals surface area contributed by atoms with E-state index in [0.717, 1.165) is 0 Å². The maximum absolute atomic E-state index is 2.45. The van der Waals surface area contributed by atoms with Crippen LogP contribution in [0.2, 0.25) is 0 Å². The van der Waals surface area contributed by atoms with Gasteiger partial charge in [0.05, 0.1) is 0 Å². The molecule has 0 saturated heterocycles. The van der Waals surface area contributed by atoms with E-state index >= 15 is 0 Å². The summed E-state index contributed by atoms with van der Waals surface area (Å²) in [5, 5.41) is 0. The monoisotopic (exact) mass is 332 g/mol. The number of nitrogens with zero attached hydrogens (tertiary/aromatic N) is 1. The summed E-state index contributed by atoms with van der Waals surface area (Å²) in [6.07, 6.45) is 23.7. The molecule has 0 bridgehead atoms. The Hall–Kier alpha value is -0.850. The third kappa shape index (κ3) is 9.45. The van der Waals surface area contributed by atoms with Crippen LogP contribution in [-0.2, 0) is 19.4 Å². The van der Waals surface area contributed by atoms with Crippen LogP contribution in [0.4, 0.5) is 0 Å². The number of hydrogen-bond acceptors (Lipinski definition) is 0. The third-order valence-electron chi connectivity index (χ3n) is 5.07. The summed E-state index contributed by atoms with van der Waals surface area (Å²) in [7, 11) is 0. The van der Waals surface area contributed by atoms with E-state index in [1.165, 1.54) is 96.4 Å². The Morgan fingerprint density at radius 1 is 0.625 bits per heavy atom. The Bertz CT molecular complexity index is 410. The molecule has 138 valence electrons. The van der Waals surface area contributed by atoms with Gasteiger partial charge in [0, 0.05) is 18.1 Å². The fourth-order valence-electron chi connectivity index (χ4n) is 3.39. The van der Waals surface area contributed by atoms with E-state index in [0.29, 0.717) is 0 Å². The highest BCUT2D eigenvalue weighted by molar-refractivity contribution is 5.21. The molecule has 0 aliphatic rings. The van der Waals surface area contributed by atoms with Crippen molar-refractivity contribution in [3.05, 3.63) is 29.6 Å².